The number of rotatable bonds is 4. The van der Waals surface area contributed by atoms with Crippen molar-refractivity contribution in [2.24, 2.45) is 0 Å². The first-order chi connectivity index (χ1) is 10.2. The number of non-ortho nitro benzene ring substituents is 1. The minimum absolute atomic E-state index is 0.159. The van der Waals surface area contributed by atoms with Gasteiger partial charge in [-0.2, -0.15) is 0 Å². The van der Waals surface area contributed by atoms with E-state index in [2.05, 4.69) is 0 Å². The predicted molar refractivity (Wildman–Crippen MR) is 79.8 cm³/mol. The summed E-state index contributed by atoms with van der Waals surface area (Å²) in [6.07, 6.45) is 0. The molecule has 0 saturated heterocycles. The van der Waals surface area contributed by atoms with Crippen molar-refractivity contribution in [1.82, 2.24) is 0 Å². The van der Waals surface area contributed by atoms with Crippen LogP contribution in [0, 0.1) is 22.9 Å². The minimum atomic E-state index is -3.99. The van der Waals surface area contributed by atoms with Crippen LogP contribution in [0.2, 0.25) is 0 Å². The first kappa shape index (κ1) is 15.9. The van der Waals surface area contributed by atoms with Gasteiger partial charge in [-0.1, -0.05) is 6.07 Å². The molecule has 0 aliphatic heterocycles. The fraction of sp³-hybridized carbons (Fsp3) is 0.143. The molecule has 0 aliphatic rings. The zero-order valence-corrected chi connectivity index (χ0v) is 12.7. The molecule has 0 radical (unpaired) electrons. The molecule has 0 unspecified atom stereocenters. The molecule has 6 nitrogen and oxygen atoms in total. The van der Waals surface area contributed by atoms with Gasteiger partial charge in [0.15, 0.2) is 0 Å². The number of benzene rings is 2. The van der Waals surface area contributed by atoms with Gasteiger partial charge in [-0.15, -0.1) is 0 Å². The predicted octanol–water partition coefficient (Wildman–Crippen LogP) is 2.87. The van der Waals surface area contributed by atoms with Gasteiger partial charge >= 0.3 is 0 Å². The van der Waals surface area contributed by atoms with Gasteiger partial charge in [0.2, 0.25) is 0 Å². The average molecular weight is 324 g/mol. The first-order valence-electron chi connectivity index (χ1n) is 6.23. The largest absolute Gasteiger partial charge is 0.270 e. The molecule has 0 atom stereocenters. The Kier molecular flexibility index (Phi) is 4.14. The van der Waals surface area contributed by atoms with Crippen LogP contribution in [0.3, 0.4) is 0 Å². The van der Waals surface area contributed by atoms with Crippen LogP contribution >= 0.6 is 0 Å². The Morgan fingerprint density at radius 2 is 1.73 bits per heavy atom. The number of halogens is 1. The van der Waals surface area contributed by atoms with Crippen LogP contribution < -0.4 is 4.31 Å². The molecule has 0 aliphatic carbocycles. The van der Waals surface area contributed by atoms with E-state index in [1.165, 1.54) is 31.3 Å². The zero-order valence-electron chi connectivity index (χ0n) is 11.9. The molecule has 116 valence electrons. The van der Waals surface area contributed by atoms with Gasteiger partial charge in [-0.3, -0.25) is 14.4 Å². The second-order valence-electron chi connectivity index (χ2n) is 4.66. The van der Waals surface area contributed by atoms with E-state index >= 15 is 0 Å². The van der Waals surface area contributed by atoms with Crippen LogP contribution in [-0.2, 0) is 10.0 Å². The lowest BCUT2D eigenvalue weighted by molar-refractivity contribution is -0.385. The van der Waals surface area contributed by atoms with Crippen molar-refractivity contribution in [3.63, 3.8) is 0 Å². The van der Waals surface area contributed by atoms with Gasteiger partial charge in [-0.25, -0.2) is 12.8 Å². The summed E-state index contributed by atoms with van der Waals surface area (Å²) in [5.41, 5.74) is 0.337. The van der Waals surface area contributed by atoms with Crippen molar-refractivity contribution in [2.45, 2.75) is 11.8 Å². The Hall–Kier alpha value is -2.48. The molecule has 0 heterocycles. The Morgan fingerprint density at radius 3 is 2.27 bits per heavy atom. The standard InChI is InChI=1S/C14H13FN2O4S/c1-10-3-6-13(17(18)19)9-14(10)22(20,21)16(2)12-7-4-11(15)5-8-12/h3-9H,1-2H3. The SMILES string of the molecule is Cc1ccc([N+](=O)[O-])cc1S(=O)(=O)N(C)c1ccc(F)cc1. The van der Waals surface area contributed by atoms with Gasteiger partial charge < -0.3 is 0 Å². The van der Waals surface area contributed by atoms with Crippen molar-refractivity contribution < 1.29 is 17.7 Å². The number of sulfonamides is 1. The van der Waals surface area contributed by atoms with E-state index in [-0.39, 0.29) is 16.3 Å². The highest BCUT2D eigenvalue weighted by atomic mass is 32.2. The lowest BCUT2D eigenvalue weighted by atomic mass is 10.2. The molecule has 8 heteroatoms. The van der Waals surface area contributed by atoms with Crippen LogP contribution in [0.5, 0.6) is 0 Å². The average Bonchev–Trinajstić information content (AvgIpc) is 2.47. The maximum atomic E-state index is 12.9. The summed E-state index contributed by atoms with van der Waals surface area (Å²) in [7, 11) is -2.68. The molecule has 2 rings (SSSR count). The Balaban J connectivity index is 2.52. The number of anilines is 1. The molecular formula is C14H13FN2O4S. The maximum Gasteiger partial charge on any atom is 0.270 e. The zero-order chi connectivity index (χ0) is 16.5. The lowest BCUT2D eigenvalue weighted by Gasteiger charge is -2.20. The van der Waals surface area contributed by atoms with E-state index in [9.17, 15) is 22.9 Å². The smallest absolute Gasteiger partial charge is 0.269 e. The quantitative estimate of drug-likeness (QED) is 0.640. The van der Waals surface area contributed by atoms with Crippen molar-refractivity contribution in [3.05, 3.63) is 64.0 Å². The molecule has 2 aromatic rings. The molecule has 0 fully saturated rings. The lowest BCUT2D eigenvalue weighted by Crippen LogP contribution is -2.27. The van der Waals surface area contributed by atoms with Gasteiger partial charge in [0.25, 0.3) is 15.7 Å². The van der Waals surface area contributed by atoms with Crippen LogP contribution in [0.1, 0.15) is 5.56 Å². The Bertz CT molecular complexity index is 819. The first-order valence-corrected chi connectivity index (χ1v) is 7.67. The Labute approximate surface area is 127 Å². The third-order valence-corrected chi connectivity index (χ3v) is 5.14. The molecule has 0 amide bonds. The van der Waals surface area contributed by atoms with Crippen LogP contribution in [0.4, 0.5) is 15.8 Å². The number of nitro benzene ring substituents is 1. The topological polar surface area (TPSA) is 80.5 Å². The summed E-state index contributed by atoms with van der Waals surface area (Å²) in [6.45, 7) is 1.55. The third-order valence-electron chi connectivity index (χ3n) is 3.21. The van der Waals surface area contributed by atoms with Crippen molar-refractivity contribution in [1.29, 1.82) is 0 Å². The molecular weight excluding hydrogens is 311 g/mol. The summed E-state index contributed by atoms with van der Waals surface area (Å²) in [5, 5.41) is 10.8. The van der Waals surface area contributed by atoms with Crippen LogP contribution in [0.25, 0.3) is 0 Å². The van der Waals surface area contributed by atoms with Crippen molar-refractivity contribution in [2.75, 3.05) is 11.4 Å². The maximum absolute atomic E-state index is 12.9. The summed E-state index contributed by atoms with van der Waals surface area (Å²) in [4.78, 5) is 10.0. The molecule has 0 spiro atoms. The van der Waals surface area contributed by atoms with Gasteiger partial charge in [0, 0.05) is 19.2 Å². The second kappa shape index (κ2) is 5.72. The number of nitro groups is 1. The molecule has 0 saturated carbocycles. The summed E-state index contributed by atoms with van der Waals surface area (Å²) in [6, 6.07) is 8.56. The number of hydrogen-bond acceptors (Lipinski definition) is 4. The van der Waals surface area contributed by atoms with E-state index in [0.717, 1.165) is 22.5 Å². The third kappa shape index (κ3) is 2.91. The van der Waals surface area contributed by atoms with Crippen LogP contribution in [0.15, 0.2) is 47.4 Å². The second-order valence-corrected chi connectivity index (χ2v) is 6.59. The number of nitrogens with zero attached hydrogens (tertiary/aromatic N) is 2. The molecule has 0 bridgehead atoms. The highest BCUT2D eigenvalue weighted by Crippen LogP contribution is 2.27. The molecule has 22 heavy (non-hydrogen) atoms. The molecule has 2 aromatic carbocycles. The van der Waals surface area contributed by atoms with Gasteiger partial charge in [0.1, 0.15) is 5.82 Å². The van der Waals surface area contributed by atoms with Crippen LogP contribution in [-0.4, -0.2) is 20.4 Å². The number of aryl methyl sites for hydroxylation is 1. The van der Waals surface area contributed by atoms with E-state index in [1.54, 1.807) is 6.92 Å². The highest BCUT2D eigenvalue weighted by Gasteiger charge is 2.25. The van der Waals surface area contributed by atoms with E-state index in [1.807, 2.05) is 0 Å². The summed E-state index contributed by atoms with van der Waals surface area (Å²) in [5.74, 6) is -0.485. The van der Waals surface area contributed by atoms with Gasteiger partial charge in [-0.05, 0) is 36.8 Å². The van der Waals surface area contributed by atoms with Gasteiger partial charge in [0.05, 0.1) is 15.5 Å². The van der Waals surface area contributed by atoms with Crippen molar-refractivity contribution in [3.8, 4) is 0 Å². The Morgan fingerprint density at radius 1 is 1.14 bits per heavy atom. The normalized spacial score (nSPS) is 11.2. The minimum Gasteiger partial charge on any atom is -0.269 e. The molecule has 0 aromatic heterocycles. The monoisotopic (exact) mass is 324 g/mol. The summed E-state index contributed by atoms with van der Waals surface area (Å²) >= 11 is 0. The van der Waals surface area contributed by atoms with Crippen molar-refractivity contribution >= 4 is 21.4 Å². The van der Waals surface area contributed by atoms with E-state index in [0.29, 0.717) is 5.56 Å². The fourth-order valence-corrected chi connectivity index (χ4v) is 3.36. The van der Waals surface area contributed by atoms with E-state index < -0.39 is 20.8 Å². The van der Waals surface area contributed by atoms with E-state index in [4.69, 9.17) is 0 Å². The fourth-order valence-electron chi connectivity index (χ4n) is 1.92. The molecule has 0 N–H and O–H groups in total. The highest BCUT2D eigenvalue weighted by molar-refractivity contribution is 7.92. The number of hydrogen-bond donors (Lipinski definition) is 0. The summed E-state index contributed by atoms with van der Waals surface area (Å²) < 4.78 is 39.1.